The zero-order chi connectivity index (χ0) is 31.5. The number of rotatable bonds is 4. The van der Waals surface area contributed by atoms with E-state index < -0.39 is 0 Å². The number of hydrogen-bond acceptors (Lipinski definition) is 4. The van der Waals surface area contributed by atoms with Gasteiger partial charge in [0.15, 0.2) is 0 Å². The van der Waals surface area contributed by atoms with Gasteiger partial charge in [-0.3, -0.25) is 4.57 Å². The lowest BCUT2D eigenvalue weighted by atomic mass is 9.82. The maximum Gasteiger partial charge on any atom is 0.220 e. The molecule has 0 atom stereocenters. The van der Waals surface area contributed by atoms with Gasteiger partial charge < -0.3 is 4.74 Å². The van der Waals surface area contributed by atoms with E-state index in [0.29, 0.717) is 11.6 Å². The lowest BCUT2D eigenvalue weighted by Gasteiger charge is -2.26. The fourth-order valence-corrected chi connectivity index (χ4v) is 6.84. The molecule has 3 aromatic heterocycles. The van der Waals surface area contributed by atoms with Crippen LogP contribution in [0.1, 0.15) is 52.7 Å². The number of thiol groups is 1. The average Bonchev–Trinajstić information content (AvgIpc) is 3.34. The molecule has 4 nitrogen and oxygen atoms in total. The largest absolute Gasteiger partial charge is 0.439 e. The molecule has 0 spiro atoms. The highest BCUT2D eigenvalue weighted by molar-refractivity contribution is 7.80. The highest BCUT2D eigenvalue weighted by Gasteiger charge is 2.24. The van der Waals surface area contributed by atoms with Crippen LogP contribution in [0.2, 0.25) is 0 Å². The number of fused-ring (bicyclic) bond motifs is 4. The van der Waals surface area contributed by atoms with Gasteiger partial charge in [-0.15, -0.1) is 12.6 Å². The zero-order valence-electron chi connectivity index (χ0n) is 26.6. The van der Waals surface area contributed by atoms with Gasteiger partial charge in [-0.2, -0.15) is 0 Å². The van der Waals surface area contributed by atoms with E-state index in [9.17, 15) is 0 Å². The Bertz CT molecular complexity index is 2220. The van der Waals surface area contributed by atoms with E-state index in [-0.39, 0.29) is 10.8 Å². The van der Waals surface area contributed by atoms with E-state index in [1.807, 2.05) is 18.3 Å². The quantitative estimate of drug-likeness (QED) is 0.202. The van der Waals surface area contributed by atoms with Gasteiger partial charge in [-0.1, -0.05) is 102 Å². The molecule has 0 unspecified atom stereocenters. The first-order valence-corrected chi connectivity index (χ1v) is 15.8. The number of benzene rings is 4. The molecule has 0 aliphatic rings. The second kappa shape index (κ2) is 10.8. The van der Waals surface area contributed by atoms with Crippen molar-refractivity contribution in [2.75, 3.05) is 0 Å². The standard InChI is InChI=1S/C40H37N3OS/c1-39(2,3)31-19-18-30-32(40(4,5)6)24-36(42-37(30)38(31)45)44-27-16-17-29-28-14-10-11-15-33(28)43(34(29)23-27)35-22-26(20-21-41-35)25-12-8-7-9-13-25/h7-24,45H,1-6H3. The van der Waals surface area contributed by atoms with E-state index in [1.165, 1.54) is 16.5 Å². The Morgan fingerprint density at radius 1 is 0.622 bits per heavy atom. The van der Waals surface area contributed by atoms with Crippen molar-refractivity contribution in [3.05, 3.63) is 120 Å². The SMILES string of the molecule is CC(C)(C)c1ccc2c(C(C)(C)C)cc(Oc3ccc4c5ccccc5n(-c5cc(-c6ccccc6)ccn5)c4c3)nc2c1S. The second-order valence-electron chi connectivity index (χ2n) is 13.8. The van der Waals surface area contributed by atoms with Gasteiger partial charge >= 0.3 is 0 Å². The van der Waals surface area contributed by atoms with Crippen LogP contribution in [-0.2, 0) is 10.8 Å². The molecule has 5 heteroatoms. The molecule has 0 radical (unpaired) electrons. The molecule has 7 rings (SSSR count). The molecule has 7 aromatic rings. The number of hydrogen-bond donors (Lipinski definition) is 1. The normalized spacial score (nSPS) is 12.3. The minimum atomic E-state index is -0.116. The number of ether oxygens (including phenoxy) is 1. The summed E-state index contributed by atoms with van der Waals surface area (Å²) in [6, 6.07) is 35.8. The van der Waals surface area contributed by atoms with Crippen LogP contribution in [-0.4, -0.2) is 14.5 Å². The van der Waals surface area contributed by atoms with Crippen molar-refractivity contribution in [1.29, 1.82) is 0 Å². The Morgan fingerprint density at radius 2 is 1.31 bits per heavy atom. The van der Waals surface area contributed by atoms with Crippen molar-refractivity contribution in [3.63, 3.8) is 0 Å². The lowest BCUT2D eigenvalue weighted by Crippen LogP contribution is -2.15. The molecule has 0 saturated carbocycles. The third-order valence-electron chi connectivity index (χ3n) is 8.50. The van der Waals surface area contributed by atoms with Crippen molar-refractivity contribution < 1.29 is 4.74 Å². The number of para-hydroxylation sites is 1. The highest BCUT2D eigenvalue weighted by Crippen LogP contribution is 2.40. The van der Waals surface area contributed by atoms with Gasteiger partial charge in [-0.25, -0.2) is 9.97 Å². The summed E-state index contributed by atoms with van der Waals surface area (Å²) in [6.45, 7) is 13.3. The lowest BCUT2D eigenvalue weighted by molar-refractivity contribution is 0.461. The maximum absolute atomic E-state index is 6.61. The molecule has 0 bridgehead atoms. The molecule has 0 amide bonds. The number of nitrogens with zero attached hydrogens (tertiary/aromatic N) is 3. The van der Waals surface area contributed by atoms with Crippen molar-refractivity contribution in [3.8, 4) is 28.6 Å². The summed E-state index contributed by atoms with van der Waals surface area (Å²) in [5, 5.41) is 3.41. The van der Waals surface area contributed by atoms with E-state index in [2.05, 4.69) is 137 Å². The molecule has 224 valence electrons. The third kappa shape index (κ3) is 5.25. The first-order chi connectivity index (χ1) is 21.5. The predicted molar refractivity (Wildman–Crippen MR) is 190 cm³/mol. The molecule has 0 aliphatic heterocycles. The third-order valence-corrected chi connectivity index (χ3v) is 8.95. The van der Waals surface area contributed by atoms with Crippen LogP contribution >= 0.6 is 12.6 Å². The van der Waals surface area contributed by atoms with Gasteiger partial charge in [0.25, 0.3) is 0 Å². The Kier molecular flexibility index (Phi) is 6.97. The van der Waals surface area contributed by atoms with Gasteiger partial charge in [0.1, 0.15) is 11.6 Å². The first kappa shape index (κ1) is 29.1. The van der Waals surface area contributed by atoms with Crippen molar-refractivity contribution in [1.82, 2.24) is 14.5 Å². The summed E-state index contributed by atoms with van der Waals surface area (Å²) in [5.41, 5.74) is 7.42. The van der Waals surface area contributed by atoms with Crippen molar-refractivity contribution in [2.45, 2.75) is 57.3 Å². The number of pyridine rings is 2. The smallest absolute Gasteiger partial charge is 0.220 e. The second-order valence-corrected chi connectivity index (χ2v) is 14.2. The molecule has 3 heterocycles. The molecule has 0 N–H and O–H groups in total. The van der Waals surface area contributed by atoms with Gasteiger partial charge in [-0.05, 0) is 63.4 Å². The summed E-state index contributed by atoms with van der Waals surface area (Å²) in [7, 11) is 0. The minimum absolute atomic E-state index is 0.0595. The Hall–Kier alpha value is -4.61. The highest BCUT2D eigenvalue weighted by atomic mass is 32.1. The van der Waals surface area contributed by atoms with Gasteiger partial charge in [0, 0.05) is 39.4 Å². The first-order valence-electron chi connectivity index (χ1n) is 15.4. The molecule has 0 fully saturated rings. The van der Waals surface area contributed by atoms with Gasteiger partial charge in [0.05, 0.1) is 16.6 Å². The molecule has 0 aliphatic carbocycles. The minimum Gasteiger partial charge on any atom is -0.439 e. The van der Waals surface area contributed by atoms with Crippen LogP contribution in [0.4, 0.5) is 0 Å². The van der Waals surface area contributed by atoms with E-state index in [4.69, 9.17) is 27.3 Å². The fourth-order valence-electron chi connectivity index (χ4n) is 6.26. The summed E-state index contributed by atoms with van der Waals surface area (Å²) < 4.78 is 8.83. The molecule has 4 aromatic carbocycles. The monoisotopic (exact) mass is 607 g/mol. The Balaban J connectivity index is 1.39. The summed E-state index contributed by atoms with van der Waals surface area (Å²) >= 11 is 5.01. The summed E-state index contributed by atoms with van der Waals surface area (Å²) in [5.74, 6) is 2.12. The van der Waals surface area contributed by atoms with E-state index >= 15 is 0 Å². The predicted octanol–water partition coefficient (Wildman–Crippen LogP) is 11.1. The van der Waals surface area contributed by atoms with Crippen LogP contribution in [0.3, 0.4) is 0 Å². The Labute approximate surface area is 270 Å². The molecular formula is C40H37N3OS. The number of aromatic nitrogens is 3. The molecular weight excluding hydrogens is 571 g/mol. The van der Waals surface area contributed by atoms with E-state index in [0.717, 1.165) is 49.2 Å². The van der Waals surface area contributed by atoms with Crippen LogP contribution in [0, 0.1) is 0 Å². The van der Waals surface area contributed by atoms with Crippen molar-refractivity contribution in [2.24, 2.45) is 0 Å². The van der Waals surface area contributed by atoms with Crippen LogP contribution in [0.25, 0.3) is 49.7 Å². The summed E-state index contributed by atoms with van der Waals surface area (Å²) in [6.07, 6.45) is 1.88. The van der Waals surface area contributed by atoms with Gasteiger partial charge in [0.2, 0.25) is 5.88 Å². The average molecular weight is 608 g/mol. The van der Waals surface area contributed by atoms with Crippen LogP contribution < -0.4 is 4.74 Å². The van der Waals surface area contributed by atoms with Crippen LogP contribution in [0.5, 0.6) is 11.6 Å². The maximum atomic E-state index is 6.61. The zero-order valence-corrected chi connectivity index (χ0v) is 27.5. The fraction of sp³-hybridized carbons (Fsp3) is 0.200. The molecule has 0 saturated heterocycles. The Morgan fingerprint density at radius 3 is 2.07 bits per heavy atom. The summed E-state index contributed by atoms with van der Waals surface area (Å²) in [4.78, 5) is 10.8. The van der Waals surface area contributed by atoms with E-state index in [1.54, 1.807) is 0 Å². The van der Waals surface area contributed by atoms with Crippen LogP contribution in [0.15, 0.2) is 114 Å². The van der Waals surface area contributed by atoms with Crippen molar-refractivity contribution >= 4 is 45.3 Å². The topological polar surface area (TPSA) is 39.9 Å². The molecule has 45 heavy (non-hydrogen) atoms.